The maximum atomic E-state index is 13.9. The second-order valence-electron chi connectivity index (χ2n) is 6.67. The second-order valence-corrected chi connectivity index (χ2v) is 6.67. The Morgan fingerprint density at radius 3 is 3.00 bits per heavy atom. The van der Waals surface area contributed by atoms with E-state index in [0.29, 0.717) is 48.7 Å². The SMILES string of the molecule is COc1cc(CN2CCc3c(nc(-c4cccnc4)[nH]c3=O)C2)cc(F)c1O. The van der Waals surface area contributed by atoms with Crippen molar-refractivity contribution in [2.75, 3.05) is 13.7 Å². The average Bonchev–Trinajstić information content (AvgIpc) is 2.71. The Morgan fingerprint density at radius 1 is 1.39 bits per heavy atom. The maximum Gasteiger partial charge on any atom is 0.254 e. The molecule has 0 aliphatic carbocycles. The Hall–Kier alpha value is -3.26. The zero-order chi connectivity index (χ0) is 19.7. The molecule has 28 heavy (non-hydrogen) atoms. The van der Waals surface area contributed by atoms with Gasteiger partial charge in [-0.05, 0) is 36.2 Å². The third-order valence-electron chi connectivity index (χ3n) is 4.80. The third kappa shape index (κ3) is 3.46. The van der Waals surface area contributed by atoms with Crippen LogP contribution in [0.3, 0.4) is 0 Å². The minimum atomic E-state index is -0.722. The number of pyridine rings is 1. The lowest BCUT2D eigenvalue weighted by Crippen LogP contribution is -2.35. The number of hydrogen-bond acceptors (Lipinski definition) is 6. The average molecular weight is 382 g/mol. The second kappa shape index (κ2) is 7.40. The third-order valence-corrected chi connectivity index (χ3v) is 4.80. The van der Waals surface area contributed by atoms with E-state index in [1.54, 1.807) is 24.5 Å². The van der Waals surface area contributed by atoms with Crippen molar-refractivity contribution in [3.05, 3.63) is 69.7 Å². The molecule has 1 aromatic carbocycles. The van der Waals surface area contributed by atoms with E-state index < -0.39 is 11.6 Å². The number of halogens is 1. The van der Waals surface area contributed by atoms with Crippen LogP contribution in [0.2, 0.25) is 0 Å². The van der Waals surface area contributed by atoms with Crippen molar-refractivity contribution in [1.29, 1.82) is 0 Å². The van der Waals surface area contributed by atoms with Crippen LogP contribution in [0.25, 0.3) is 11.4 Å². The smallest absolute Gasteiger partial charge is 0.254 e. The van der Waals surface area contributed by atoms with Crippen LogP contribution in [0.4, 0.5) is 4.39 Å². The number of aromatic amines is 1. The van der Waals surface area contributed by atoms with E-state index in [-0.39, 0.29) is 11.3 Å². The summed E-state index contributed by atoms with van der Waals surface area (Å²) in [7, 11) is 1.38. The normalized spacial score (nSPS) is 13.9. The first-order valence-electron chi connectivity index (χ1n) is 8.85. The molecule has 2 aromatic heterocycles. The lowest BCUT2D eigenvalue weighted by molar-refractivity contribution is 0.239. The van der Waals surface area contributed by atoms with Gasteiger partial charge in [0.25, 0.3) is 5.56 Å². The van der Waals surface area contributed by atoms with Crippen LogP contribution in [0.15, 0.2) is 41.5 Å². The van der Waals surface area contributed by atoms with Gasteiger partial charge in [0.15, 0.2) is 17.3 Å². The summed E-state index contributed by atoms with van der Waals surface area (Å²) in [6.45, 7) is 1.57. The van der Waals surface area contributed by atoms with E-state index >= 15 is 0 Å². The van der Waals surface area contributed by atoms with Crippen molar-refractivity contribution in [2.24, 2.45) is 0 Å². The van der Waals surface area contributed by atoms with E-state index in [1.165, 1.54) is 13.2 Å². The van der Waals surface area contributed by atoms with Gasteiger partial charge >= 0.3 is 0 Å². The fraction of sp³-hybridized carbons (Fsp3) is 0.250. The van der Waals surface area contributed by atoms with Crippen LogP contribution < -0.4 is 10.3 Å². The number of aromatic hydroxyl groups is 1. The fourth-order valence-corrected chi connectivity index (χ4v) is 3.40. The van der Waals surface area contributed by atoms with Gasteiger partial charge in [-0.3, -0.25) is 14.7 Å². The van der Waals surface area contributed by atoms with Gasteiger partial charge in [-0.15, -0.1) is 0 Å². The van der Waals surface area contributed by atoms with Crippen LogP contribution in [0.1, 0.15) is 16.8 Å². The van der Waals surface area contributed by atoms with Gasteiger partial charge in [-0.1, -0.05) is 0 Å². The number of benzene rings is 1. The Morgan fingerprint density at radius 2 is 2.25 bits per heavy atom. The van der Waals surface area contributed by atoms with Crippen molar-refractivity contribution in [3.63, 3.8) is 0 Å². The molecule has 0 fully saturated rings. The number of fused-ring (bicyclic) bond motifs is 1. The van der Waals surface area contributed by atoms with Gasteiger partial charge in [0.05, 0.1) is 12.8 Å². The molecule has 0 saturated carbocycles. The number of methoxy groups -OCH3 is 1. The van der Waals surface area contributed by atoms with Gasteiger partial charge in [0.1, 0.15) is 5.82 Å². The summed E-state index contributed by atoms with van der Waals surface area (Å²) in [5.41, 5.74) is 2.66. The molecule has 7 nitrogen and oxygen atoms in total. The summed E-state index contributed by atoms with van der Waals surface area (Å²) in [5, 5.41) is 9.66. The van der Waals surface area contributed by atoms with Crippen LogP contribution >= 0.6 is 0 Å². The summed E-state index contributed by atoms with van der Waals surface area (Å²) < 4.78 is 18.9. The first kappa shape index (κ1) is 18.1. The molecule has 3 heterocycles. The highest BCUT2D eigenvalue weighted by Gasteiger charge is 2.22. The number of nitrogens with zero attached hydrogens (tertiary/aromatic N) is 3. The van der Waals surface area contributed by atoms with Crippen LogP contribution in [0.5, 0.6) is 11.5 Å². The number of phenols is 1. The molecule has 8 heteroatoms. The molecule has 0 atom stereocenters. The first-order valence-corrected chi connectivity index (χ1v) is 8.85. The maximum absolute atomic E-state index is 13.9. The standard InChI is InChI=1S/C20H19FN4O3/c1-28-17-8-12(7-15(21)18(17)26)10-25-6-4-14-16(11-25)23-19(24-20(14)27)13-3-2-5-22-9-13/h2-3,5,7-9,26H,4,6,10-11H2,1H3,(H,23,24,27). The Bertz CT molecular complexity index is 1070. The lowest BCUT2D eigenvalue weighted by Gasteiger charge is -2.28. The Labute approximate surface area is 160 Å². The highest BCUT2D eigenvalue weighted by Crippen LogP contribution is 2.31. The molecule has 0 saturated heterocycles. The predicted octanol–water partition coefficient (Wildman–Crippen LogP) is 2.24. The van der Waals surface area contributed by atoms with Gasteiger partial charge < -0.3 is 14.8 Å². The highest BCUT2D eigenvalue weighted by molar-refractivity contribution is 5.53. The van der Waals surface area contributed by atoms with E-state index in [0.717, 1.165) is 5.56 Å². The zero-order valence-corrected chi connectivity index (χ0v) is 15.3. The summed E-state index contributed by atoms with van der Waals surface area (Å²) in [6, 6.07) is 6.53. The lowest BCUT2D eigenvalue weighted by atomic mass is 10.0. The largest absolute Gasteiger partial charge is 0.502 e. The number of ether oxygens (including phenoxy) is 1. The van der Waals surface area contributed by atoms with E-state index in [4.69, 9.17) is 4.74 Å². The number of phenolic OH excluding ortho intramolecular Hbond substituents is 1. The Balaban J connectivity index is 1.60. The van der Waals surface area contributed by atoms with Crippen molar-refractivity contribution in [3.8, 4) is 22.9 Å². The molecule has 0 radical (unpaired) electrons. The van der Waals surface area contributed by atoms with Crippen molar-refractivity contribution in [2.45, 2.75) is 19.5 Å². The van der Waals surface area contributed by atoms with E-state index in [2.05, 4.69) is 19.9 Å². The minimum Gasteiger partial charge on any atom is -0.502 e. The molecular formula is C20H19FN4O3. The number of aromatic nitrogens is 3. The molecule has 144 valence electrons. The van der Waals surface area contributed by atoms with Crippen LogP contribution in [0, 0.1) is 5.82 Å². The molecule has 1 aliphatic heterocycles. The minimum absolute atomic E-state index is 0.0980. The van der Waals surface area contributed by atoms with Crippen molar-refractivity contribution >= 4 is 0 Å². The molecule has 0 spiro atoms. The molecular weight excluding hydrogens is 363 g/mol. The molecule has 0 unspecified atom stereocenters. The number of hydrogen-bond donors (Lipinski definition) is 2. The van der Waals surface area contributed by atoms with E-state index in [1.807, 2.05) is 6.07 Å². The molecule has 0 amide bonds. The van der Waals surface area contributed by atoms with Crippen LogP contribution in [-0.4, -0.2) is 38.6 Å². The summed E-state index contributed by atoms with van der Waals surface area (Å²) in [6.07, 6.45) is 3.87. The summed E-state index contributed by atoms with van der Waals surface area (Å²) in [5.74, 6) is -0.637. The van der Waals surface area contributed by atoms with Gasteiger partial charge in [0.2, 0.25) is 0 Å². The quantitative estimate of drug-likeness (QED) is 0.719. The molecule has 3 aromatic rings. The van der Waals surface area contributed by atoms with Crippen molar-refractivity contribution < 1.29 is 14.2 Å². The topological polar surface area (TPSA) is 91.3 Å². The highest BCUT2D eigenvalue weighted by atomic mass is 19.1. The monoisotopic (exact) mass is 382 g/mol. The van der Waals surface area contributed by atoms with Gasteiger partial charge in [0, 0.05) is 43.2 Å². The molecule has 0 bridgehead atoms. The first-order chi connectivity index (χ1) is 13.5. The number of H-pyrrole nitrogens is 1. The van der Waals surface area contributed by atoms with Crippen LogP contribution in [-0.2, 0) is 19.5 Å². The molecule has 1 aliphatic rings. The number of nitrogens with one attached hydrogen (secondary N) is 1. The van der Waals surface area contributed by atoms with Gasteiger partial charge in [-0.25, -0.2) is 9.37 Å². The van der Waals surface area contributed by atoms with E-state index in [9.17, 15) is 14.3 Å². The predicted molar refractivity (Wildman–Crippen MR) is 101 cm³/mol. The molecule has 4 rings (SSSR count). The van der Waals surface area contributed by atoms with Gasteiger partial charge in [-0.2, -0.15) is 0 Å². The Kier molecular flexibility index (Phi) is 4.79. The summed E-state index contributed by atoms with van der Waals surface area (Å²) in [4.78, 5) is 26.1. The summed E-state index contributed by atoms with van der Waals surface area (Å²) >= 11 is 0. The zero-order valence-electron chi connectivity index (χ0n) is 15.3. The molecule has 2 N–H and O–H groups in total. The fourth-order valence-electron chi connectivity index (χ4n) is 3.40. The van der Waals surface area contributed by atoms with Crippen molar-refractivity contribution in [1.82, 2.24) is 19.9 Å². The number of rotatable bonds is 4.